The number of alkyl halides is 3. The molecule has 4 heteroatoms. The van der Waals surface area contributed by atoms with E-state index in [2.05, 4.69) is 0 Å². The second kappa shape index (κ2) is 5.44. The Labute approximate surface area is 116 Å². The van der Waals surface area contributed by atoms with Crippen LogP contribution in [-0.4, -0.2) is 11.3 Å². The molecule has 108 valence electrons. The Kier molecular flexibility index (Phi) is 4.04. The van der Waals surface area contributed by atoms with Crippen molar-refractivity contribution in [2.45, 2.75) is 38.0 Å². The van der Waals surface area contributed by atoms with Gasteiger partial charge in [-0.25, -0.2) is 0 Å². The lowest BCUT2D eigenvalue weighted by Crippen LogP contribution is -2.22. The Hall–Kier alpha value is -1.55. The van der Waals surface area contributed by atoms with E-state index < -0.39 is 18.2 Å². The molecule has 20 heavy (non-hydrogen) atoms. The second-order valence-electron chi connectivity index (χ2n) is 5.27. The fourth-order valence-electron chi connectivity index (χ4n) is 2.46. The van der Waals surface area contributed by atoms with Crippen molar-refractivity contribution in [1.29, 1.82) is 0 Å². The van der Waals surface area contributed by atoms with Gasteiger partial charge in [0, 0.05) is 6.42 Å². The van der Waals surface area contributed by atoms with Gasteiger partial charge in [0.25, 0.3) is 0 Å². The van der Waals surface area contributed by atoms with E-state index in [0.29, 0.717) is 5.56 Å². The van der Waals surface area contributed by atoms with E-state index in [1.165, 1.54) is 0 Å². The molecular weight excluding hydrogens is 265 g/mol. The summed E-state index contributed by atoms with van der Waals surface area (Å²) >= 11 is 0. The molecule has 0 saturated carbocycles. The standard InChI is InChI=1S/C16H17F3O/c1-15(20,10-5-11-16(17,18)19)14-9-4-7-12-6-2-3-8-13(12)14/h2-4,6-9,20H,5,10-11H2,1H3. The number of benzene rings is 2. The van der Waals surface area contributed by atoms with Gasteiger partial charge in [-0.1, -0.05) is 42.5 Å². The van der Waals surface area contributed by atoms with Crippen LogP contribution in [0.15, 0.2) is 42.5 Å². The summed E-state index contributed by atoms with van der Waals surface area (Å²) in [5.74, 6) is 0. The maximum atomic E-state index is 12.2. The van der Waals surface area contributed by atoms with E-state index >= 15 is 0 Å². The number of fused-ring (bicyclic) bond motifs is 1. The first-order chi connectivity index (χ1) is 9.30. The second-order valence-corrected chi connectivity index (χ2v) is 5.27. The first-order valence-electron chi connectivity index (χ1n) is 6.57. The molecule has 2 aromatic carbocycles. The molecule has 0 aliphatic rings. The molecule has 0 radical (unpaired) electrons. The van der Waals surface area contributed by atoms with Crippen molar-refractivity contribution >= 4 is 10.8 Å². The van der Waals surface area contributed by atoms with Crippen LogP contribution in [0.2, 0.25) is 0 Å². The molecule has 0 aliphatic carbocycles. The molecule has 1 unspecified atom stereocenters. The molecule has 1 nitrogen and oxygen atoms in total. The summed E-state index contributed by atoms with van der Waals surface area (Å²) in [5, 5.41) is 12.4. The van der Waals surface area contributed by atoms with Crippen LogP contribution >= 0.6 is 0 Å². The molecule has 2 rings (SSSR count). The van der Waals surface area contributed by atoms with Crippen molar-refractivity contribution < 1.29 is 18.3 Å². The Balaban J connectivity index is 2.23. The minimum absolute atomic E-state index is 0.0836. The van der Waals surface area contributed by atoms with Gasteiger partial charge in [0.1, 0.15) is 0 Å². The van der Waals surface area contributed by atoms with E-state index in [-0.39, 0.29) is 12.8 Å². The fourth-order valence-corrected chi connectivity index (χ4v) is 2.46. The smallest absolute Gasteiger partial charge is 0.385 e. The number of hydrogen-bond donors (Lipinski definition) is 1. The van der Waals surface area contributed by atoms with Crippen molar-refractivity contribution in [3.05, 3.63) is 48.0 Å². The SMILES string of the molecule is CC(O)(CCCC(F)(F)F)c1cccc2ccccc12. The molecule has 0 spiro atoms. The molecular formula is C16H17F3O. The van der Waals surface area contributed by atoms with Gasteiger partial charge in [0.15, 0.2) is 0 Å². The number of hydrogen-bond acceptors (Lipinski definition) is 1. The molecule has 0 heterocycles. The molecule has 0 aliphatic heterocycles. The van der Waals surface area contributed by atoms with Gasteiger partial charge in [0.2, 0.25) is 0 Å². The third-order valence-electron chi connectivity index (χ3n) is 3.49. The van der Waals surface area contributed by atoms with Gasteiger partial charge in [-0.3, -0.25) is 0 Å². The average molecular weight is 282 g/mol. The minimum Gasteiger partial charge on any atom is -0.385 e. The summed E-state index contributed by atoms with van der Waals surface area (Å²) in [4.78, 5) is 0. The first kappa shape index (κ1) is 14.9. The normalized spacial score (nSPS) is 15.2. The van der Waals surface area contributed by atoms with Gasteiger partial charge in [-0.2, -0.15) is 13.2 Å². The van der Waals surface area contributed by atoms with Crippen LogP contribution in [0.3, 0.4) is 0 Å². The quantitative estimate of drug-likeness (QED) is 0.855. The number of rotatable bonds is 4. The Morgan fingerprint density at radius 1 is 0.950 bits per heavy atom. The van der Waals surface area contributed by atoms with E-state index in [4.69, 9.17) is 0 Å². The van der Waals surface area contributed by atoms with Crippen LogP contribution in [-0.2, 0) is 5.60 Å². The van der Waals surface area contributed by atoms with Gasteiger partial charge >= 0.3 is 6.18 Å². The minimum atomic E-state index is -4.17. The Bertz CT molecular complexity index is 582. The molecule has 1 atom stereocenters. The lowest BCUT2D eigenvalue weighted by Gasteiger charge is -2.25. The Morgan fingerprint density at radius 3 is 2.30 bits per heavy atom. The van der Waals surface area contributed by atoms with Crippen LogP contribution in [0, 0.1) is 0 Å². The number of aliphatic hydroxyl groups is 1. The first-order valence-corrected chi connectivity index (χ1v) is 6.57. The molecule has 0 amide bonds. The summed E-state index contributed by atoms with van der Waals surface area (Å²) < 4.78 is 36.6. The number of halogens is 3. The van der Waals surface area contributed by atoms with Gasteiger partial charge in [-0.05, 0) is 36.1 Å². The zero-order valence-corrected chi connectivity index (χ0v) is 11.2. The van der Waals surface area contributed by atoms with Crippen molar-refractivity contribution in [2.75, 3.05) is 0 Å². The van der Waals surface area contributed by atoms with Crippen LogP contribution in [0.1, 0.15) is 31.7 Å². The van der Waals surface area contributed by atoms with E-state index in [1.54, 1.807) is 13.0 Å². The van der Waals surface area contributed by atoms with Gasteiger partial charge < -0.3 is 5.11 Å². The molecule has 0 saturated heterocycles. The van der Waals surface area contributed by atoms with Crippen LogP contribution in [0.5, 0.6) is 0 Å². The molecule has 0 fully saturated rings. The summed E-state index contributed by atoms with van der Waals surface area (Å²) in [6.07, 6.45) is -5.04. The van der Waals surface area contributed by atoms with E-state index in [1.807, 2.05) is 36.4 Å². The highest BCUT2D eigenvalue weighted by Crippen LogP contribution is 2.34. The third-order valence-corrected chi connectivity index (χ3v) is 3.49. The average Bonchev–Trinajstić information content (AvgIpc) is 2.36. The van der Waals surface area contributed by atoms with Crippen molar-refractivity contribution in [2.24, 2.45) is 0 Å². The van der Waals surface area contributed by atoms with Crippen molar-refractivity contribution in [1.82, 2.24) is 0 Å². The molecule has 1 N–H and O–H groups in total. The predicted molar refractivity (Wildman–Crippen MR) is 73.4 cm³/mol. The fraction of sp³-hybridized carbons (Fsp3) is 0.375. The lowest BCUT2D eigenvalue weighted by molar-refractivity contribution is -0.137. The van der Waals surface area contributed by atoms with Crippen LogP contribution < -0.4 is 0 Å². The summed E-state index contributed by atoms with van der Waals surface area (Å²) in [6, 6.07) is 13.1. The molecule has 0 bridgehead atoms. The van der Waals surface area contributed by atoms with Gasteiger partial charge in [0.05, 0.1) is 5.60 Å². The Morgan fingerprint density at radius 2 is 1.60 bits per heavy atom. The maximum Gasteiger partial charge on any atom is 0.389 e. The van der Waals surface area contributed by atoms with Crippen LogP contribution in [0.25, 0.3) is 10.8 Å². The zero-order valence-electron chi connectivity index (χ0n) is 11.2. The van der Waals surface area contributed by atoms with E-state index in [0.717, 1.165) is 10.8 Å². The predicted octanol–water partition coefficient (Wildman–Crippen LogP) is 4.78. The van der Waals surface area contributed by atoms with Crippen LogP contribution in [0.4, 0.5) is 13.2 Å². The topological polar surface area (TPSA) is 20.2 Å². The monoisotopic (exact) mass is 282 g/mol. The maximum absolute atomic E-state index is 12.2. The largest absolute Gasteiger partial charge is 0.389 e. The lowest BCUT2D eigenvalue weighted by atomic mass is 9.87. The molecule has 2 aromatic rings. The molecule has 0 aromatic heterocycles. The highest BCUT2D eigenvalue weighted by Gasteiger charge is 2.30. The highest BCUT2D eigenvalue weighted by atomic mass is 19.4. The van der Waals surface area contributed by atoms with Gasteiger partial charge in [-0.15, -0.1) is 0 Å². The zero-order chi connectivity index (χ0) is 14.8. The summed E-state index contributed by atoms with van der Waals surface area (Å²) in [6.45, 7) is 1.57. The highest BCUT2D eigenvalue weighted by molar-refractivity contribution is 5.86. The van der Waals surface area contributed by atoms with E-state index in [9.17, 15) is 18.3 Å². The van der Waals surface area contributed by atoms with Crippen molar-refractivity contribution in [3.63, 3.8) is 0 Å². The summed E-state index contributed by atoms with van der Waals surface area (Å²) in [7, 11) is 0. The summed E-state index contributed by atoms with van der Waals surface area (Å²) in [5.41, 5.74) is -0.579. The van der Waals surface area contributed by atoms with Crippen molar-refractivity contribution in [3.8, 4) is 0 Å². The third kappa shape index (κ3) is 3.51.